The fourth-order valence-electron chi connectivity index (χ4n) is 4.35. The van der Waals surface area contributed by atoms with Crippen LogP contribution in [-0.4, -0.2) is 28.9 Å². The molecular formula is C21H18ClFN2O2. The first-order valence-electron chi connectivity index (χ1n) is 9.05. The number of hydrogen-bond donors (Lipinski definition) is 1. The monoisotopic (exact) mass is 384 g/mol. The predicted octanol–water partition coefficient (Wildman–Crippen LogP) is 4.62. The van der Waals surface area contributed by atoms with Gasteiger partial charge < -0.3 is 14.6 Å². The number of nitrogens with zero attached hydrogens (tertiary/aromatic N) is 1. The lowest BCUT2D eigenvalue weighted by molar-refractivity contribution is -0.0741. The highest BCUT2D eigenvalue weighted by molar-refractivity contribution is 6.31. The van der Waals surface area contributed by atoms with Crippen LogP contribution in [0.1, 0.15) is 34.3 Å². The van der Waals surface area contributed by atoms with E-state index in [9.17, 15) is 9.18 Å². The molecule has 1 aromatic heterocycles. The van der Waals surface area contributed by atoms with Crippen molar-refractivity contribution in [3.05, 3.63) is 70.1 Å². The molecule has 1 amide bonds. The van der Waals surface area contributed by atoms with Gasteiger partial charge >= 0.3 is 0 Å². The lowest BCUT2D eigenvalue weighted by Gasteiger charge is -2.39. The molecule has 2 aliphatic rings. The molecule has 0 atom stereocenters. The van der Waals surface area contributed by atoms with Gasteiger partial charge in [0.25, 0.3) is 5.91 Å². The quantitative estimate of drug-likeness (QED) is 0.665. The molecule has 1 spiro atoms. The van der Waals surface area contributed by atoms with Crippen LogP contribution in [0.2, 0.25) is 5.02 Å². The van der Waals surface area contributed by atoms with Gasteiger partial charge in [0, 0.05) is 35.2 Å². The van der Waals surface area contributed by atoms with E-state index in [1.807, 2.05) is 23.1 Å². The minimum atomic E-state index is -0.395. The molecule has 1 saturated heterocycles. The molecule has 2 aliphatic heterocycles. The summed E-state index contributed by atoms with van der Waals surface area (Å²) in [5.74, 6) is -0.225. The molecule has 1 N–H and O–H groups in total. The number of carbonyl (C=O) groups is 1. The largest absolute Gasteiger partial charge is 0.365 e. The molecule has 2 aromatic carbocycles. The van der Waals surface area contributed by atoms with Gasteiger partial charge in [-0.05, 0) is 48.2 Å². The Balaban J connectivity index is 1.37. The van der Waals surface area contributed by atoms with Crippen molar-refractivity contribution in [1.29, 1.82) is 0 Å². The lowest BCUT2D eigenvalue weighted by Crippen LogP contribution is -2.45. The third-order valence-electron chi connectivity index (χ3n) is 5.79. The zero-order valence-corrected chi connectivity index (χ0v) is 15.4. The van der Waals surface area contributed by atoms with Crippen LogP contribution in [0.3, 0.4) is 0 Å². The van der Waals surface area contributed by atoms with Crippen molar-refractivity contribution in [2.24, 2.45) is 0 Å². The number of likely N-dealkylation sites (tertiary alicyclic amines) is 1. The van der Waals surface area contributed by atoms with Gasteiger partial charge in [-0.25, -0.2) is 4.39 Å². The Morgan fingerprint density at radius 3 is 2.81 bits per heavy atom. The van der Waals surface area contributed by atoms with Crippen LogP contribution in [0.15, 0.2) is 42.6 Å². The number of halogens is 2. The molecule has 3 aromatic rings. The fourth-order valence-corrected chi connectivity index (χ4v) is 4.52. The second-order valence-corrected chi connectivity index (χ2v) is 7.71. The zero-order valence-electron chi connectivity index (χ0n) is 14.6. The van der Waals surface area contributed by atoms with Crippen LogP contribution >= 0.6 is 11.6 Å². The number of hydrogen-bond acceptors (Lipinski definition) is 2. The number of carbonyl (C=O) groups excluding carboxylic acids is 1. The van der Waals surface area contributed by atoms with Crippen LogP contribution in [0.25, 0.3) is 10.9 Å². The SMILES string of the molecule is O=C(c1c[nH]c2cc(Cl)ccc12)N1CCC2(CC1)OCc1cc(F)ccc12. The minimum absolute atomic E-state index is 0.00995. The molecule has 5 rings (SSSR count). The topological polar surface area (TPSA) is 45.3 Å². The summed E-state index contributed by atoms with van der Waals surface area (Å²) >= 11 is 6.02. The zero-order chi connectivity index (χ0) is 18.6. The molecule has 1 fully saturated rings. The van der Waals surface area contributed by atoms with E-state index in [0.29, 0.717) is 43.1 Å². The van der Waals surface area contributed by atoms with Crippen molar-refractivity contribution in [2.45, 2.75) is 25.0 Å². The number of aromatic nitrogens is 1. The van der Waals surface area contributed by atoms with Gasteiger partial charge in [0.05, 0.1) is 17.8 Å². The molecule has 4 nitrogen and oxygen atoms in total. The van der Waals surface area contributed by atoms with E-state index in [-0.39, 0.29) is 11.7 Å². The Morgan fingerprint density at radius 1 is 1.19 bits per heavy atom. The average Bonchev–Trinajstić information content (AvgIpc) is 3.23. The summed E-state index contributed by atoms with van der Waals surface area (Å²) in [4.78, 5) is 18.0. The second kappa shape index (κ2) is 6.08. The Kier molecular flexibility index (Phi) is 3.78. The number of ether oxygens (including phenoxy) is 1. The van der Waals surface area contributed by atoms with E-state index < -0.39 is 5.60 Å². The van der Waals surface area contributed by atoms with Crippen molar-refractivity contribution < 1.29 is 13.9 Å². The number of H-pyrrole nitrogens is 1. The van der Waals surface area contributed by atoms with Gasteiger partial charge in [-0.2, -0.15) is 0 Å². The third kappa shape index (κ3) is 2.65. The van der Waals surface area contributed by atoms with Crippen molar-refractivity contribution in [3.8, 4) is 0 Å². The number of piperidine rings is 1. The first-order valence-corrected chi connectivity index (χ1v) is 9.42. The van der Waals surface area contributed by atoms with E-state index in [0.717, 1.165) is 22.0 Å². The molecule has 0 aliphatic carbocycles. The van der Waals surface area contributed by atoms with Gasteiger partial charge in [0.2, 0.25) is 0 Å². The van der Waals surface area contributed by atoms with Crippen molar-refractivity contribution in [1.82, 2.24) is 9.88 Å². The number of rotatable bonds is 1. The number of nitrogens with one attached hydrogen (secondary N) is 1. The normalized spacial score (nSPS) is 18.2. The van der Waals surface area contributed by atoms with E-state index in [4.69, 9.17) is 16.3 Å². The molecular weight excluding hydrogens is 367 g/mol. The minimum Gasteiger partial charge on any atom is -0.365 e. The highest BCUT2D eigenvalue weighted by atomic mass is 35.5. The standard InChI is InChI=1S/C21H18ClFN2O2/c22-14-1-3-16-17(11-24-19(16)10-14)20(26)25-7-5-21(6-8-25)18-4-2-15(23)9-13(18)12-27-21/h1-4,9-11,24H,5-8,12H2. The van der Waals surface area contributed by atoms with Crippen LogP contribution in [-0.2, 0) is 16.9 Å². The number of amides is 1. The maximum atomic E-state index is 13.5. The van der Waals surface area contributed by atoms with Gasteiger partial charge in [-0.3, -0.25) is 4.79 Å². The van der Waals surface area contributed by atoms with Crippen LogP contribution in [0.5, 0.6) is 0 Å². The van der Waals surface area contributed by atoms with Gasteiger partial charge in [-0.15, -0.1) is 0 Å². The van der Waals surface area contributed by atoms with Crippen molar-refractivity contribution >= 4 is 28.4 Å². The van der Waals surface area contributed by atoms with Crippen LogP contribution < -0.4 is 0 Å². The first-order chi connectivity index (χ1) is 13.1. The van der Waals surface area contributed by atoms with Crippen LogP contribution in [0.4, 0.5) is 4.39 Å². The highest BCUT2D eigenvalue weighted by Gasteiger charge is 2.43. The first kappa shape index (κ1) is 16.8. The summed E-state index contributed by atoms with van der Waals surface area (Å²) in [5.41, 5.74) is 3.11. The molecule has 0 saturated carbocycles. The highest BCUT2D eigenvalue weighted by Crippen LogP contribution is 2.44. The summed E-state index contributed by atoms with van der Waals surface area (Å²) < 4.78 is 19.6. The molecule has 138 valence electrons. The summed E-state index contributed by atoms with van der Waals surface area (Å²) in [6.07, 6.45) is 3.18. The Morgan fingerprint density at radius 2 is 2.00 bits per heavy atom. The Labute approximate surface area is 160 Å². The third-order valence-corrected chi connectivity index (χ3v) is 6.03. The van der Waals surface area contributed by atoms with Gasteiger partial charge in [0.1, 0.15) is 5.82 Å². The molecule has 27 heavy (non-hydrogen) atoms. The number of fused-ring (bicyclic) bond motifs is 3. The molecule has 0 radical (unpaired) electrons. The molecule has 0 unspecified atom stereocenters. The summed E-state index contributed by atoms with van der Waals surface area (Å²) in [7, 11) is 0. The summed E-state index contributed by atoms with van der Waals surface area (Å²) in [6, 6.07) is 10.4. The van der Waals surface area contributed by atoms with Crippen molar-refractivity contribution in [2.75, 3.05) is 13.1 Å². The van der Waals surface area contributed by atoms with E-state index in [1.54, 1.807) is 18.3 Å². The summed E-state index contributed by atoms with van der Waals surface area (Å²) in [5, 5.41) is 1.51. The van der Waals surface area contributed by atoms with Crippen molar-refractivity contribution in [3.63, 3.8) is 0 Å². The molecule has 3 heterocycles. The maximum absolute atomic E-state index is 13.5. The maximum Gasteiger partial charge on any atom is 0.256 e. The molecule has 6 heteroatoms. The fraction of sp³-hybridized carbons (Fsp3) is 0.286. The summed E-state index contributed by atoms with van der Waals surface area (Å²) in [6.45, 7) is 1.65. The average molecular weight is 385 g/mol. The second-order valence-electron chi connectivity index (χ2n) is 7.27. The van der Waals surface area contributed by atoms with Gasteiger partial charge in [-0.1, -0.05) is 23.7 Å². The Hall–Kier alpha value is -2.37. The van der Waals surface area contributed by atoms with E-state index >= 15 is 0 Å². The predicted molar refractivity (Wildman–Crippen MR) is 101 cm³/mol. The van der Waals surface area contributed by atoms with Crippen LogP contribution in [0, 0.1) is 5.82 Å². The van der Waals surface area contributed by atoms with E-state index in [2.05, 4.69) is 4.98 Å². The lowest BCUT2D eigenvalue weighted by atomic mass is 9.83. The molecule has 0 bridgehead atoms. The number of aromatic amines is 1. The smallest absolute Gasteiger partial charge is 0.256 e. The number of benzene rings is 2. The van der Waals surface area contributed by atoms with Gasteiger partial charge in [0.15, 0.2) is 0 Å². The van der Waals surface area contributed by atoms with E-state index in [1.165, 1.54) is 6.07 Å². The Bertz CT molecular complexity index is 1050.